The Labute approximate surface area is 96.7 Å². The Morgan fingerprint density at radius 3 is 3.00 bits per heavy atom. The van der Waals surface area contributed by atoms with Crippen LogP contribution in [0.25, 0.3) is 0 Å². The number of nitrogens with one attached hydrogen (secondary N) is 1. The van der Waals surface area contributed by atoms with Crippen molar-refractivity contribution in [3.63, 3.8) is 0 Å². The van der Waals surface area contributed by atoms with Crippen molar-refractivity contribution in [2.24, 2.45) is 5.92 Å². The first kappa shape index (κ1) is 12.0. The van der Waals surface area contributed by atoms with E-state index in [9.17, 15) is 0 Å². The number of benzene rings is 1. The predicted octanol–water partition coefficient (Wildman–Crippen LogP) is 2.13. The van der Waals surface area contributed by atoms with E-state index >= 15 is 0 Å². The molecule has 15 heavy (non-hydrogen) atoms. The maximum absolute atomic E-state index is 8.76. The molecule has 1 aliphatic heterocycles. The molecule has 1 unspecified atom stereocenters. The Balaban J connectivity index is 0.00000112. The van der Waals surface area contributed by atoms with Crippen LogP contribution >= 0.6 is 12.4 Å². The van der Waals surface area contributed by atoms with E-state index in [-0.39, 0.29) is 12.4 Å². The van der Waals surface area contributed by atoms with E-state index in [1.165, 1.54) is 12.0 Å². The van der Waals surface area contributed by atoms with Crippen LogP contribution in [-0.4, -0.2) is 13.1 Å². The third-order valence-corrected chi connectivity index (χ3v) is 2.74. The number of hydrogen-bond acceptors (Lipinski definition) is 2. The molecule has 1 heterocycles. The van der Waals surface area contributed by atoms with Crippen molar-refractivity contribution >= 4 is 12.4 Å². The summed E-state index contributed by atoms with van der Waals surface area (Å²) >= 11 is 0. The van der Waals surface area contributed by atoms with Crippen LogP contribution in [-0.2, 0) is 6.42 Å². The third kappa shape index (κ3) is 3.23. The second-order valence-corrected chi connectivity index (χ2v) is 3.88. The van der Waals surface area contributed by atoms with Crippen LogP contribution in [0.5, 0.6) is 0 Å². The Bertz CT molecular complexity index is 351. The van der Waals surface area contributed by atoms with Crippen LogP contribution in [0.2, 0.25) is 0 Å². The Morgan fingerprint density at radius 2 is 2.33 bits per heavy atom. The average molecular weight is 223 g/mol. The lowest BCUT2D eigenvalue weighted by atomic mass is 9.98. The van der Waals surface area contributed by atoms with E-state index in [1.54, 1.807) is 0 Å². The van der Waals surface area contributed by atoms with Gasteiger partial charge in [-0.2, -0.15) is 5.26 Å². The first-order valence-electron chi connectivity index (χ1n) is 5.08. The second-order valence-electron chi connectivity index (χ2n) is 3.88. The van der Waals surface area contributed by atoms with Crippen molar-refractivity contribution in [3.05, 3.63) is 35.4 Å². The molecule has 3 heteroatoms. The van der Waals surface area contributed by atoms with Gasteiger partial charge in [0.2, 0.25) is 0 Å². The van der Waals surface area contributed by atoms with Gasteiger partial charge in [0, 0.05) is 0 Å². The van der Waals surface area contributed by atoms with Crippen molar-refractivity contribution in [2.45, 2.75) is 12.8 Å². The highest BCUT2D eigenvalue weighted by molar-refractivity contribution is 5.85. The second kappa shape index (κ2) is 5.75. The van der Waals surface area contributed by atoms with Crippen LogP contribution in [0.4, 0.5) is 0 Å². The molecule has 0 aliphatic carbocycles. The van der Waals surface area contributed by atoms with E-state index in [4.69, 9.17) is 5.26 Å². The molecular weight excluding hydrogens is 208 g/mol. The van der Waals surface area contributed by atoms with Gasteiger partial charge in [-0.1, -0.05) is 12.1 Å². The Hall–Kier alpha value is -1.04. The van der Waals surface area contributed by atoms with E-state index < -0.39 is 0 Å². The molecule has 1 saturated heterocycles. The summed E-state index contributed by atoms with van der Waals surface area (Å²) in [6.07, 6.45) is 2.36. The van der Waals surface area contributed by atoms with Crippen LogP contribution in [0, 0.1) is 17.2 Å². The normalized spacial score (nSPS) is 19.3. The summed E-state index contributed by atoms with van der Waals surface area (Å²) in [6.45, 7) is 2.26. The highest BCUT2D eigenvalue weighted by Crippen LogP contribution is 2.15. The summed E-state index contributed by atoms with van der Waals surface area (Å²) in [6, 6.07) is 10.1. The molecule has 1 aromatic carbocycles. The first-order chi connectivity index (χ1) is 6.88. The highest BCUT2D eigenvalue weighted by atomic mass is 35.5. The topological polar surface area (TPSA) is 35.8 Å². The van der Waals surface area contributed by atoms with E-state index in [2.05, 4.69) is 17.5 Å². The number of hydrogen-bond donors (Lipinski definition) is 1. The van der Waals surface area contributed by atoms with Crippen LogP contribution < -0.4 is 5.32 Å². The summed E-state index contributed by atoms with van der Waals surface area (Å²) in [5.41, 5.74) is 2.06. The molecular formula is C12H15ClN2. The molecule has 1 atom stereocenters. The van der Waals surface area contributed by atoms with E-state index in [1.807, 2.05) is 18.2 Å². The lowest BCUT2D eigenvalue weighted by Crippen LogP contribution is -2.10. The Kier molecular flexibility index (Phi) is 4.61. The van der Waals surface area contributed by atoms with Gasteiger partial charge in [0.05, 0.1) is 11.6 Å². The minimum atomic E-state index is 0. The van der Waals surface area contributed by atoms with Crippen molar-refractivity contribution in [1.82, 2.24) is 5.32 Å². The number of nitriles is 1. The first-order valence-corrected chi connectivity index (χ1v) is 5.08. The highest BCUT2D eigenvalue weighted by Gasteiger charge is 2.14. The van der Waals surface area contributed by atoms with Crippen molar-refractivity contribution in [1.29, 1.82) is 5.26 Å². The van der Waals surface area contributed by atoms with Gasteiger partial charge in [-0.25, -0.2) is 0 Å². The molecule has 0 spiro atoms. The van der Waals surface area contributed by atoms with Gasteiger partial charge in [-0.15, -0.1) is 12.4 Å². The zero-order chi connectivity index (χ0) is 9.80. The maximum atomic E-state index is 8.76. The fourth-order valence-corrected chi connectivity index (χ4v) is 1.99. The molecule has 0 aromatic heterocycles. The van der Waals surface area contributed by atoms with E-state index in [0.717, 1.165) is 31.0 Å². The van der Waals surface area contributed by atoms with Crippen molar-refractivity contribution < 1.29 is 0 Å². The van der Waals surface area contributed by atoms with Crippen LogP contribution in [0.3, 0.4) is 0 Å². The van der Waals surface area contributed by atoms with Gasteiger partial charge in [0.25, 0.3) is 0 Å². The quantitative estimate of drug-likeness (QED) is 0.832. The largest absolute Gasteiger partial charge is 0.316 e. The van der Waals surface area contributed by atoms with Gasteiger partial charge < -0.3 is 5.32 Å². The van der Waals surface area contributed by atoms with E-state index in [0.29, 0.717) is 0 Å². The van der Waals surface area contributed by atoms with Gasteiger partial charge in [0.15, 0.2) is 0 Å². The lowest BCUT2D eigenvalue weighted by Gasteiger charge is -2.07. The molecule has 1 N–H and O–H groups in total. The molecule has 0 radical (unpaired) electrons. The molecule has 2 rings (SSSR count). The number of halogens is 1. The molecule has 0 bridgehead atoms. The van der Waals surface area contributed by atoms with Crippen molar-refractivity contribution in [2.75, 3.05) is 13.1 Å². The van der Waals surface area contributed by atoms with Crippen molar-refractivity contribution in [3.8, 4) is 6.07 Å². The summed E-state index contributed by atoms with van der Waals surface area (Å²) in [7, 11) is 0. The van der Waals surface area contributed by atoms with Gasteiger partial charge in [0.1, 0.15) is 0 Å². The molecule has 1 aliphatic rings. The standard InChI is InChI=1S/C12H14N2.ClH/c13-8-11-3-1-2-10(6-11)7-12-4-5-14-9-12;/h1-3,6,12,14H,4-5,7,9H2;1H. The summed E-state index contributed by atoms with van der Waals surface area (Å²) in [5.74, 6) is 0.754. The smallest absolute Gasteiger partial charge is 0.0991 e. The average Bonchev–Trinajstić information content (AvgIpc) is 2.71. The van der Waals surface area contributed by atoms with Gasteiger partial charge in [-0.3, -0.25) is 0 Å². The minimum absolute atomic E-state index is 0. The fourth-order valence-electron chi connectivity index (χ4n) is 1.99. The predicted molar refractivity (Wildman–Crippen MR) is 63.1 cm³/mol. The lowest BCUT2D eigenvalue weighted by molar-refractivity contribution is 0.580. The zero-order valence-corrected chi connectivity index (χ0v) is 9.39. The summed E-state index contributed by atoms with van der Waals surface area (Å²) < 4.78 is 0. The molecule has 0 saturated carbocycles. The fraction of sp³-hybridized carbons (Fsp3) is 0.417. The molecule has 80 valence electrons. The molecule has 1 aromatic rings. The molecule has 0 amide bonds. The maximum Gasteiger partial charge on any atom is 0.0991 e. The van der Waals surface area contributed by atoms with Gasteiger partial charge >= 0.3 is 0 Å². The summed E-state index contributed by atoms with van der Waals surface area (Å²) in [4.78, 5) is 0. The SMILES string of the molecule is Cl.N#Cc1cccc(CC2CCNC2)c1. The third-order valence-electron chi connectivity index (χ3n) is 2.74. The zero-order valence-electron chi connectivity index (χ0n) is 8.57. The molecule has 2 nitrogen and oxygen atoms in total. The number of rotatable bonds is 2. The van der Waals surface area contributed by atoms with Crippen LogP contribution in [0.1, 0.15) is 17.5 Å². The summed E-state index contributed by atoms with van der Waals surface area (Å²) in [5, 5.41) is 12.1. The molecule has 1 fully saturated rings. The minimum Gasteiger partial charge on any atom is -0.316 e. The monoisotopic (exact) mass is 222 g/mol. The van der Waals surface area contributed by atoms with Crippen LogP contribution in [0.15, 0.2) is 24.3 Å². The Morgan fingerprint density at radius 1 is 1.47 bits per heavy atom. The van der Waals surface area contributed by atoms with Gasteiger partial charge in [-0.05, 0) is 49.5 Å². The number of nitrogens with zero attached hydrogens (tertiary/aromatic N) is 1.